The summed E-state index contributed by atoms with van der Waals surface area (Å²) in [5, 5.41) is 6.40. The summed E-state index contributed by atoms with van der Waals surface area (Å²) in [4.78, 5) is 28.6. The van der Waals surface area contributed by atoms with E-state index in [0.29, 0.717) is 34.4 Å². The maximum Gasteiger partial charge on any atom is 0.258 e. The first-order valence-electron chi connectivity index (χ1n) is 10.7. The van der Waals surface area contributed by atoms with E-state index in [1.807, 2.05) is 6.07 Å². The second-order valence-corrected chi connectivity index (χ2v) is 8.84. The average molecular weight is 468 g/mol. The van der Waals surface area contributed by atoms with Crippen LogP contribution in [0, 0.1) is 12.7 Å². The Morgan fingerprint density at radius 2 is 1.88 bits per heavy atom. The first kappa shape index (κ1) is 21.5. The molecule has 0 aliphatic carbocycles. The number of amides is 1. The third-order valence-electron chi connectivity index (χ3n) is 5.74. The third kappa shape index (κ3) is 3.87. The Morgan fingerprint density at radius 3 is 2.61 bits per heavy atom. The second kappa shape index (κ2) is 8.24. The van der Waals surface area contributed by atoms with Crippen LogP contribution in [0.1, 0.15) is 29.9 Å². The molecule has 1 aliphatic rings. The van der Waals surface area contributed by atoms with Gasteiger partial charge in [0.05, 0.1) is 22.6 Å². The summed E-state index contributed by atoms with van der Waals surface area (Å²) in [5.74, 6) is -1.03. The Balaban J connectivity index is 1.53. The van der Waals surface area contributed by atoms with E-state index in [4.69, 9.17) is 11.6 Å². The minimum absolute atomic E-state index is 0.107. The Bertz CT molecular complexity index is 1380. The van der Waals surface area contributed by atoms with Crippen molar-refractivity contribution < 1.29 is 9.18 Å². The molecule has 1 saturated heterocycles. The Labute approximate surface area is 194 Å². The first-order chi connectivity index (χ1) is 15.8. The molecule has 0 saturated carbocycles. The molecule has 170 valence electrons. The lowest BCUT2D eigenvalue weighted by Gasteiger charge is -2.38. The van der Waals surface area contributed by atoms with Crippen molar-refractivity contribution in [2.24, 2.45) is 0 Å². The van der Waals surface area contributed by atoms with Crippen molar-refractivity contribution >= 4 is 45.6 Å². The molecule has 2 atom stereocenters. The summed E-state index contributed by atoms with van der Waals surface area (Å²) in [5.41, 5.74) is 3.25. The zero-order chi connectivity index (χ0) is 23.3. The van der Waals surface area contributed by atoms with Crippen LogP contribution in [0.4, 0.5) is 15.8 Å². The number of aryl methyl sites for hydroxylation is 1. The zero-order valence-corrected chi connectivity index (χ0v) is 19.2. The van der Waals surface area contributed by atoms with E-state index in [-0.39, 0.29) is 16.5 Å². The summed E-state index contributed by atoms with van der Waals surface area (Å²) >= 11 is 6.43. The molecule has 0 spiro atoms. The Hall–Kier alpha value is -3.30. The van der Waals surface area contributed by atoms with Gasteiger partial charge in [0.25, 0.3) is 5.91 Å². The smallest absolute Gasteiger partial charge is 0.258 e. The quantitative estimate of drug-likeness (QED) is 0.445. The molecule has 33 heavy (non-hydrogen) atoms. The molecule has 0 unspecified atom stereocenters. The molecular weight excluding hydrogens is 445 g/mol. The fraction of sp³-hybridized carbons (Fsp3) is 0.304. The van der Waals surface area contributed by atoms with Gasteiger partial charge in [0.15, 0.2) is 11.5 Å². The van der Waals surface area contributed by atoms with Gasteiger partial charge in [-0.05, 0) is 32.9 Å². The van der Waals surface area contributed by atoms with Gasteiger partial charge < -0.3 is 15.5 Å². The van der Waals surface area contributed by atoms with Gasteiger partial charge in [0.2, 0.25) is 0 Å². The number of hydrogen-bond donors (Lipinski definition) is 2. The molecule has 3 aromatic heterocycles. The molecule has 0 radical (unpaired) electrons. The normalized spacial score (nSPS) is 18.8. The predicted molar refractivity (Wildman–Crippen MR) is 127 cm³/mol. The van der Waals surface area contributed by atoms with Crippen LogP contribution in [0.15, 0.2) is 36.8 Å². The van der Waals surface area contributed by atoms with Gasteiger partial charge in [0, 0.05) is 49.8 Å². The molecular formula is C23H23ClFN7O. The van der Waals surface area contributed by atoms with E-state index in [2.05, 4.69) is 44.3 Å². The van der Waals surface area contributed by atoms with Crippen molar-refractivity contribution in [1.82, 2.24) is 24.7 Å². The molecule has 5 rings (SSSR count). The highest BCUT2D eigenvalue weighted by atomic mass is 35.5. The fourth-order valence-electron chi connectivity index (χ4n) is 4.48. The van der Waals surface area contributed by atoms with E-state index >= 15 is 0 Å². The Kier molecular flexibility index (Phi) is 5.38. The monoisotopic (exact) mass is 467 g/mol. The van der Waals surface area contributed by atoms with Gasteiger partial charge in [-0.3, -0.25) is 19.2 Å². The van der Waals surface area contributed by atoms with Crippen LogP contribution in [0.3, 0.4) is 0 Å². The standard InChI is InChI=1S/C23H23ClFN7O/c1-12-9-31(10-13(2)28-12)18-5-4-15(19-20(18)27-7-6-26-19)23(33)30-17-8-16(25)22-29-14(3)11-32(22)21(17)24/h4-8,11-13,28H,9-10H2,1-3H3,(H,30,33)/t12-,13-/m0/s1. The van der Waals surface area contributed by atoms with E-state index in [9.17, 15) is 9.18 Å². The first-order valence-corrected chi connectivity index (χ1v) is 11.1. The van der Waals surface area contributed by atoms with Crippen LogP contribution in [-0.2, 0) is 0 Å². The number of benzene rings is 1. The number of pyridine rings is 1. The molecule has 4 heterocycles. The van der Waals surface area contributed by atoms with Crippen LogP contribution in [0.25, 0.3) is 16.7 Å². The van der Waals surface area contributed by atoms with Crippen molar-refractivity contribution in [3.63, 3.8) is 0 Å². The summed E-state index contributed by atoms with van der Waals surface area (Å²) in [6.45, 7) is 7.66. The number of fused-ring (bicyclic) bond motifs is 2. The molecule has 0 bridgehead atoms. The van der Waals surface area contributed by atoms with Gasteiger partial charge in [-0.15, -0.1) is 0 Å². The highest BCUT2D eigenvalue weighted by Crippen LogP contribution is 2.30. The fourth-order valence-corrected chi connectivity index (χ4v) is 4.71. The van der Waals surface area contributed by atoms with Gasteiger partial charge in [-0.25, -0.2) is 9.37 Å². The number of imidazole rings is 1. The number of nitrogens with one attached hydrogen (secondary N) is 2. The molecule has 8 nitrogen and oxygen atoms in total. The van der Waals surface area contributed by atoms with Crippen LogP contribution in [0.2, 0.25) is 5.15 Å². The largest absolute Gasteiger partial charge is 0.367 e. The molecule has 2 N–H and O–H groups in total. The Morgan fingerprint density at radius 1 is 1.18 bits per heavy atom. The minimum atomic E-state index is -0.579. The number of nitrogens with zero attached hydrogens (tertiary/aromatic N) is 5. The van der Waals surface area contributed by atoms with Gasteiger partial charge in [-0.2, -0.15) is 0 Å². The number of hydrogen-bond acceptors (Lipinski definition) is 6. The third-order valence-corrected chi connectivity index (χ3v) is 6.13. The van der Waals surface area contributed by atoms with E-state index < -0.39 is 11.7 Å². The summed E-state index contributed by atoms with van der Waals surface area (Å²) in [6, 6.07) is 5.43. The van der Waals surface area contributed by atoms with Crippen LogP contribution < -0.4 is 15.5 Å². The van der Waals surface area contributed by atoms with Crippen LogP contribution in [0.5, 0.6) is 0 Å². The van der Waals surface area contributed by atoms with Crippen molar-refractivity contribution in [1.29, 1.82) is 0 Å². The number of halogens is 2. The SMILES string of the molecule is Cc1cn2c(Cl)c(NC(=O)c3ccc(N4C[C@H](C)N[C@@H](C)C4)c4nccnc34)cc(F)c2n1. The van der Waals surface area contributed by atoms with Crippen LogP contribution in [-0.4, -0.2) is 50.4 Å². The maximum absolute atomic E-state index is 14.5. The van der Waals surface area contributed by atoms with Crippen molar-refractivity contribution in [2.45, 2.75) is 32.9 Å². The predicted octanol–water partition coefficient (Wildman–Crippen LogP) is 3.82. The van der Waals surface area contributed by atoms with Gasteiger partial charge in [0.1, 0.15) is 16.2 Å². The molecule has 4 aromatic rings. The number of aromatic nitrogens is 4. The number of anilines is 2. The highest BCUT2D eigenvalue weighted by Gasteiger charge is 2.25. The van der Waals surface area contributed by atoms with Crippen molar-refractivity contribution in [3.8, 4) is 0 Å². The number of carbonyl (C=O) groups is 1. The topological polar surface area (TPSA) is 87.5 Å². The molecule has 1 aliphatic heterocycles. The summed E-state index contributed by atoms with van der Waals surface area (Å²) in [6.07, 6.45) is 4.78. The molecule has 10 heteroatoms. The van der Waals surface area contributed by atoms with Gasteiger partial charge >= 0.3 is 0 Å². The minimum Gasteiger partial charge on any atom is -0.367 e. The second-order valence-electron chi connectivity index (χ2n) is 8.49. The number of piperazine rings is 1. The summed E-state index contributed by atoms with van der Waals surface area (Å²) < 4.78 is 16.0. The number of rotatable bonds is 3. The molecule has 1 fully saturated rings. The molecule has 1 aromatic carbocycles. The lowest BCUT2D eigenvalue weighted by atomic mass is 10.1. The van der Waals surface area contributed by atoms with Crippen molar-refractivity contribution in [2.75, 3.05) is 23.3 Å². The van der Waals surface area contributed by atoms with E-state index in [1.165, 1.54) is 10.5 Å². The van der Waals surface area contributed by atoms with Crippen LogP contribution >= 0.6 is 11.6 Å². The van der Waals surface area contributed by atoms with E-state index in [0.717, 1.165) is 18.8 Å². The summed E-state index contributed by atoms with van der Waals surface area (Å²) in [7, 11) is 0. The number of carbonyl (C=O) groups excluding carboxylic acids is 1. The molecule has 1 amide bonds. The van der Waals surface area contributed by atoms with E-state index in [1.54, 1.807) is 31.6 Å². The highest BCUT2D eigenvalue weighted by molar-refractivity contribution is 6.33. The van der Waals surface area contributed by atoms with Gasteiger partial charge in [-0.1, -0.05) is 11.6 Å². The lowest BCUT2D eigenvalue weighted by molar-refractivity contribution is 0.102. The lowest BCUT2D eigenvalue weighted by Crippen LogP contribution is -2.54. The maximum atomic E-state index is 14.5. The average Bonchev–Trinajstić information content (AvgIpc) is 3.18. The van der Waals surface area contributed by atoms with Crippen molar-refractivity contribution in [3.05, 3.63) is 59.0 Å². The zero-order valence-electron chi connectivity index (χ0n) is 18.4.